The monoisotopic (exact) mass is 1240 g/mol. The number of ether oxygens (including phenoxy) is 4. The van der Waals surface area contributed by atoms with Crippen molar-refractivity contribution < 1.29 is 80.2 Å². The molecule has 0 aromatic carbocycles. The van der Waals surface area contributed by atoms with Gasteiger partial charge in [0.15, 0.2) is 12.2 Å². The average Bonchev–Trinajstić information content (AvgIpc) is 3.57. The van der Waals surface area contributed by atoms with Crippen LogP contribution in [0.5, 0.6) is 0 Å². The van der Waals surface area contributed by atoms with Gasteiger partial charge in [0.2, 0.25) is 0 Å². The molecule has 0 radical (unpaired) electrons. The molecule has 0 saturated heterocycles. The summed E-state index contributed by atoms with van der Waals surface area (Å²) in [6, 6.07) is 0. The summed E-state index contributed by atoms with van der Waals surface area (Å²) in [5, 5.41) is 10.5. The van der Waals surface area contributed by atoms with E-state index >= 15 is 0 Å². The van der Waals surface area contributed by atoms with E-state index in [1.807, 2.05) is 0 Å². The number of phosphoric ester groups is 2. The first-order valence-corrected chi connectivity index (χ1v) is 37.3. The first-order valence-electron chi connectivity index (χ1n) is 34.3. The van der Waals surface area contributed by atoms with Crippen molar-refractivity contribution in [3.63, 3.8) is 0 Å². The van der Waals surface area contributed by atoms with Crippen LogP contribution in [0.15, 0.2) is 0 Å². The summed E-state index contributed by atoms with van der Waals surface area (Å²) in [7, 11) is -9.88. The van der Waals surface area contributed by atoms with Crippen LogP contribution in [0.4, 0.5) is 0 Å². The maximum absolute atomic E-state index is 13.0. The van der Waals surface area contributed by atoms with Crippen molar-refractivity contribution in [3.05, 3.63) is 0 Å². The Hall–Kier alpha value is -1.94. The van der Waals surface area contributed by atoms with E-state index in [-0.39, 0.29) is 25.7 Å². The third kappa shape index (κ3) is 59.0. The van der Waals surface area contributed by atoms with Gasteiger partial charge in [-0.05, 0) is 25.7 Å². The molecular weight excluding hydrogens is 1110 g/mol. The van der Waals surface area contributed by atoms with E-state index in [0.717, 1.165) is 109 Å². The molecule has 0 heterocycles. The molecule has 0 aliphatic rings. The molecule has 0 saturated carbocycles. The fourth-order valence-corrected chi connectivity index (χ4v) is 11.4. The summed E-state index contributed by atoms with van der Waals surface area (Å²) in [5.74, 6) is -2.13. The minimum atomic E-state index is -4.94. The zero-order chi connectivity index (χ0) is 61.9. The van der Waals surface area contributed by atoms with Gasteiger partial charge in [-0.25, -0.2) is 9.13 Å². The Labute approximate surface area is 511 Å². The van der Waals surface area contributed by atoms with Gasteiger partial charge < -0.3 is 33.8 Å². The predicted octanol–water partition coefficient (Wildman–Crippen LogP) is 18.3. The lowest BCUT2D eigenvalue weighted by atomic mass is 10.0. The summed E-state index contributed by atoms with van der Waals surface area (Å²) in [4.78, 5) is 72.1. The van der Waals surface area contributed by atoms with E-state index in [4.69, 9.17) is 37.0 Å². The quantitative estimate of drug-likeness (QED) is 0.0222. The van der Waals surface area contributed by atoms with E-state index in [1.165, 1.54) is 148 Å². The Morgan fingerprint density at radius 1 is 0.286 bits per heavy atom. The molecule has 0 rings (SSSR count). The second kappa shape index (κ2) is 60.0. The lowest BCUT2D eigenvalue weighted by molar-refractivity contribution is -0.161. The molecule has 3 N–H and O–H groups in total. The number of hydrogen-bond donors (Lipinski definition) is 3. The molecule has 0 bridgehead atoms. The molecule has 2 unspecified atom stereocenters. The number of carbonyl (C=O) groups is 4. The third-order valence-corrected chi connectivity index (χ3v) is 17.0. The first kappa shape index (κ1) is 82.1. The Morgan fingerprint density at radius 2 is 0.476 bits per heavy atom. The number of carbonyl (C=O) groups excluding carboxylic acids is 4. The number of esters is 4. The summed E-state index contributed by atoms with van der Waals surface area (Å²) >= 11 is 0. The number of unbranched alkanes of at least 4 members (excludes halogenated alkanes) is 40. The van der Waals surface area contributed by atoms with Crippen molar-refractivity contribution >= 4 is 39.5 Å². The molecule has 0 aromatic rings. The van der Waals surface area contributed by atoms with Gasteiger partial charge in [0.1, 0.15) is 19.3 Å². The van der Waals surface area contributed by atoms with Crippen LogP contribution in [0.25, 0.3) is 0 Å². The van der Waals surface area contributed by atoms with Crippen LogP contribution in [-0.4, -0.2) is 96.7 Å². The van der Waals surface area contributed by atoms with Crippen LogP contribution in [0.3, 0.4) is 0 Å². The van der Waals surface area contributed by atoms with Gasteiger partial charge in [-0.1, -0.05) is 285 Å². The molecule has 17 nitrogen and oxygen atoms in total. The Balaban J connectivity index is 5.18. The number of rotatable bonds is 66. The topological polar surface area (TPSA) is 237 Å². The number of phosphoric acid groups is 2. The third-order valence-electron chi connectivity index (χ3n) is 15.1. The van der Waals surface area contributed by atoms with Gasteiger partial charge >= 0.3 is 39.5 Å². The molecule has 19 heteroatoms. The molecule has 498 valence electrons. The van der Waals surface area contributed by atoms with Crippen molar-refractivity contribution in [1.82, 2.24) is 0 Å². The molecule has 0 aliphatic heterocycles. The second-order valence-corrected chi connectivity index (χ2v) is 26.4. The van der Waals surface area contributed by atoms with Crippen LogP contribution in [0.1, 0.15) is 336 Å². The van der Waals surface area contributed by atoms with E-state index < -0.39 is 97.5 Å². The first-order chi connectivity index (χ1) is 40.7. The molecule has 0 aliphatic carbocycles. The summed E-state index contributed by atoms with van der Waals surface area (Å²) in [5.41, 5.74) is 0. The SMILES string of the molecule is CCCCCCCCCCCCCCCCCC(=O)O[C@H](COC(=O)CCCCCCCCCCCCCCCC)COP(=O)(O)OC[C@@H](O)COP(=O)(O)OC[C@@H](COC(=O)CCCCCCCCC)OC(=O)CCCCCCCCCC. The molecule has 0 amide bonds. The van der Waals surface area contributed by atoms with Gasteiger partial charge in [0, 0.05) is 25.7 Å². The predicted molar refractivity (Wildman–Crippen MR) is 335 cm³/mol. The fraction of sp³-hybridized carbons (Fsp3) is 0.938. The highest BCUT2D eigenvalue weighted by Crippen LogP contribution is 2.45. The highest BCUT2D eigenvalue weighted by atomic mass is 31.2. The maximum Gasteiger partial charge on any atom is 0.472 e. The van der Waals surface area contributed by atoms with Gasteiger partial charge in [-0.3, -0.25) is 37.3 Å². The van der Waals surface area contributed by atoms with Gasteiger partial charge in [0.25, 0.3) is 0 Å². The second-order valence-electron chi connectivity index (χ2n) is 23.5. The lowest BCUT2D eigenvalue weighted by Crippen LogP contribution is -2.30. The van der Waals surface area contributed by atoms with Gasteiger partial charge in [-0.2, -0.15) is 0 Å². The van der Waals surface area contributed by atoms with E-state index in [2.05, 4.69) is 27.7 Å². The Morgan fingerprint density at radius 3 is 0.702 bits per heavy atom. The summed E-state index contributed by atoms with van der Waals surface area (Å²) < 4.78 is 67.9. The largest absolute Gasteiger partial charge is 0.472 e. The molecule has 5 atom stereocenters. The number of aliphatic hydroxyl groups excluding tert-OH is 1. The van der Waals surface area contributed by atoms with E-state index in [9.17, 15) is 43.2 Å². The van der Waals surface area contributed by atoms with Gasteiger partial charge in [-0.15, -0.1) is 0 Å². The molecular formula is C65H126O17P2. The summed E-state index contributed by atoms with van der Waals surface area (Å²) in [6.07, 6.45) is 45.9. The maximum atomic E-state index is 13.0. The molecule has 84 heavy (non-hydrogen) atoms. The van der Waals surface area contributed by atoms with Crippen LogP contribution < -0.4 is 0 Å². The van der Waals surface area contributed by atoms with Gasteiger partial charge in [0.05, 0.1) is 26.4 Å². The van der Waals surface area contributed by atoms with Crippen molar-refractivity contribution in [2.24, 2.45) is 0 Å². The van der Waals surface area contributed by atoms with Crippen molar-refractivity contribution in [3.8, 4) is 0 Å². The standard InChI is InChI=1S/C65H126O17P2/c1-5-9-13-17-21-24-26-28-30-32-34-36-40-44-48-52-65(70)82-61(56-76-63(68)50-46-42-39-35-33-31-29-27-25-22-18-14-10-6-2)58-80-84(73,74)78-54-59(66)53-77-83(71,72)79-57-60(55-75-62(67)49-45-41-37-20-16-12-8-4)81-64(69)51-47-43-38-23-19-15-11-7-3/h59-61,66H,5-58H2,1-4H3,(H,71,72)(H,73,74)/t59-,60+,61+/m0/s1. The zero-order valence-corrected chi connectivity index (χ0v) is 55.7. The highest BCUT2D eigenvalue weighted by molar-refractivity contribution is 7.47. The Bertz CT molecular complexity index is 1620. The van der Waals surface area contributed by atoms with Crippen molar-refractivity contribution in [2.75, 3.05) is 39.6 Å². The Kier molecular flexibility index (Phi) is 58.6. The fourth-order valence-electron chi connectivity index (χ4n) is 9.81. The smallest absolute Gasteiger partial charge is 0.462 e. The van der Waals surface area contributed by atoms with Crippen LogP contribution in [0, 0.1) is 0 Å². The molecule has 0 aromatic heterocycles. The van der Waals surface area contributed by atoms with E-state index in [0.29, 0.717) is 25.7 Å². The van der Waals surface area contributed by atoms with Crippen LogP contribution in [0.2, 0.25) is 0 Å². The summed E-state index contributed by atoms with van der Waals surface area (Å²) in [6.45, 7) is 4.84. The number of hydrogen-bond acceptors (Lipinski definition) is 15. The molecule has 0 fully saturated rings. The van der Waals surface area contributed by atoms with E-state index in [1.54, 1.807) is 0 Å². The minimum absolute atomic E-state index is 0.105. The van der Waals surface area contributed by atoms with Crippen LogP contribution in [-0.2, 0) is 65.4 Å². The normalized spacial score (nSPS) is 14.1. The average molecular weight is 1240 g/mol. The van der Waals surface area contributed by atoms with Crippen LogP contribution >= 0.6 is 15.6 Å². The highest BCUT2D eigenvalue weighted by Gasteiger charge is 2.30. The molecule has 0 spiro atoms. The zero-order valence-electron chi connectivity index (χ0n) is 53.9. The number of aliphatic hydroxyl groups is 1. The van der Waals surface area contributed by atoms with Crippen molar-refractivity contribution in [1.29, 1.82) is 0 Å². The minimum Gasteiger partial charge on any atom is -0.462 e. The van der Waals surface area contributed by atoms with Crippen molar-refractivity contribution in [2.45, 2.75) is 354 Å². The lowest BCUT2D eigenvalue weighted by Gasteiger charge is -2.21.